The molecule has 0 bridgehead atoms. The number of furan rings is 1. The normalized spacial score (nSPS) is 10.3. The maximum Gasteiger partial charge on any atom is 0.339 e. The van der Waals surface area contributed by atoms with Crippen LogP contribution >= 0.6 is 0 Å². The Balaban J connectivity index is 2.79. The summed E-state index contributed by atoms with van der Waals surface area (Å²) in [6.07, 6.45) is 3.87. The molecule has 0 radical (unpaired) electrons. The lowest BCUT2D eigenvalue weighted by molar-refractivity contribution is 0.0698. The van der Waals surface area contributed by atoms with Crippen LogP contribution in [0.25, 0.3) is 11.1 Å². The number of aromatic carboxylic acids is 1. The smallest absolute Gasteiger partial charge is 0.339 e. The first-order valence-electron chi connectivity index (χ1n) is 3.19. The molecule has 0 fully saturated rings. The SMILES string of the molecule is O=C(O)c1coc2ncncc12. The Kier molecular flexibility index (Phi) is 1.30. The fourth-order valence-corrected chi connectivity index (χ4v) is 0.941. The van der Waals surface area contributed by atoms with Crippen molar-refractivity contribution in [3.05, 3.63) is 24.4 Å². The van der Waals surface area contributed by atoms with Gasteiger partial charge in [-0.2, -0.15) is 0 Å². The van der Waals surface area contributed by atoms with Crippen LogP contribution in [0.5, 0.6) is 0 Å². The molecule has 2 heterocycles. The first-order valence-corrected chi connectivity index (χ1v) is 3.19. The van der Waals surface area contributed by atoms with Gasteiger partial charge in [0, 0.05) is 6.20 Å². The average Bonchev–Trinajstić information content (AvgIpc) is 2.47. The molecule has 12 heavy (non-hydrogen) atoms. The van der Waals surface area contributed by atoms with E-state index in [1.165, 1.54) is 12.5 Å². The van der Waals surface area contributed by atoms with Gasteiger partial charge in [0.15, 0.2) is 0 Å². The number of carbonyl (C=O) groups is 1. The van der Waals surface area contributed by atoms with Crippen molar-refractivity contribution in [3.63, 3.8) is 0 Å². The molecular formula is C7H4N2O3. The van der Waals surface area contributed by atoms with Crippen LogP contribution in [-0.2, 0) is 0 Å². The van der Waals surface area contributed by atoms with Crippen molar-refractivity contribution in [2.45, 2.75) is 0 Å². The summed E-state index contributed by atoms with van der Waals surface area (Å²) in [7, 11) is 0. The summed E-state index contributed by atoms with van der Waals surface area (Å²) in [4.78, 5) is 18.0. The highest BCUT2D eigenvalue weighted by molar-refractivity contribution is 6.00. The zero-order chi connectivity index (χ0) is 8.55. The predicted molar refractivity (Wildman–Crippen MR) is 38.8 cm³/mol. The quantitative estimate of drug-likeness (QED) is 0.678. The molecule has 0 atom stereocenters. The van der Waals surface area contributed by atoms with Gasteiger partial charge in [0.1, 0.15) is 18.2 Å². The molecule has 2 rings (SSSR count). The number of rotatable bonds is 1. The summed E-state index contributed by atoms with van der Waals surface area (Å²) in [6, 6.07) is 0. The second kappa shape index (κ2) is 2.30. The van der Waals surface area contributed by atoms with E-state index < -0.39 is 5.97 Å². The summed E-state index contributed by atoms with van der Waals surface area (Å²) >= 11 is 0. The third kappa shape index (κ3) is 0.833. The van der Waals surface area contributed by atoms with Gasteiger partial charge in [0.25, 0.3) is 0 Å². The number of carboxylic acids is 1. The summed E-state index contributed by atoms with van der Waals surface area (Å²) in [6.45, 7) is 0. The molecule has 5 nitrogen and oxygen atoms in total. The Hall–Kier alpha value is -1.91. The molecule has 0 aliphatic rings. The highest BCUT2D eigenvalue weighted by Gasteiger charge is 2.12. The minimum Gasteiger partial charge on any atom is -0.478 e. The Morgan fingerprint density at radius 1 is 1.58 bits per heavy atom. The summed E-state index contributed by atoms with van der Waals surface area (Å²) in [5, 5.41) is 9.08. The predicted octanol–water partition coefficient (Wildman–Crippen LogP) is 0.921. The number of carboxylic acid groups (broad SMARTS) is 1. The van der Waals surface area contributed by atoms with E-state index in [1.54, 1.807) is 0 Å². The Bertz CT molecular complexity index is 435. The van der Waals surface area contributed by atoms with Gasteiger partial charge in [0.2, 0.25) is 5.71 Å². The Morgan fingerprint density at radius 2 is 2.42 bits per heavy atom. The van der Waals surface area contributed by atoms with E-state index >= 15 is 0 Å². The van der Waals surface area contributed by atoms with Gasteiger partial charge < -0.3 is 9.52 Å². The molecule has 1 N–H and O–H groups in total. The van der Waals surface area contributed by atoms with Crippen LogP contribution < -0.4 is 0 Å². The lowest BCUT2D eigenvalue weighted by Crippen LogP contribution is -1.93. The van der Waals surface area contributed by atoms with E-state index in [4.69, 9.17) is 9.52 Å². The number of hydrogen-bond donors (Lipinski definition) is 1. The summed E-state index contributed by atoms with van der Waals surface area (Å²) < 4.78 is 4.88. The van der Waals surface area contributed by atoms with Crippen molar-refractivity contribution in [2.24, 2.45) is 0 Å². The number of hydrogen-bond acceptors (Lipinski definition) is 4. The van der Waals surface area contributed by atoms with Crippen LogP contribution in [0.2, 0.25) is 0 Å². The van der Waals surface area contributed by atoms with E-state index in [0.717, 1.165) is 6.26 Å². The van der Waals surface area contributed by atoms with Crippen molar-refractivity contribution < 1.29 is 14.3 Å². The van der Waals surface area contributed by atoms with Crippen LogP contribution in [0.1, 0.15) is 10.4 Å². The molecule has 0 saturated heterocycles. The first-order chi connectivity index (χ1) is 5.79. The van der Waals surface area contributed by atoms with Crippen molar-refractivity contribution >= 4 is 17.1 Å². The maximum absolute atomic E-state index is 10.6. The third-order valence-corrected chi connectivity index (χ3v) is 1.48. The Labute approximate surface area is 66.7 Å². The van der Waals surface area contributed by atoms with Crippen LogP contribution in [-0.4, -0.2) is 21.0 Å². The summed E-state index contributed by atoms with van der Waals surface area (Å²) in [5.41, 5.74) is 0.382. The largest absolute Gasteiger partial charge is 0.478 e. The average molecular weight is 164 g/mol. The molecule has 0 aliphatic heterocycles. The monoisotopic (exact) mass is 164 g/mol. The molecule has 0 unspecified atom stereocenters. The lowest BCUT2D eigenvalue weighted by atomic mass is 10.2. The van der Waals surface area contributed by atoms with Gasteiger partial charge in [-0.25, -0.2) is 14.8 Å². The topological polar surface area (TPSA) is 76.2 Å². The highest BCUT2D eigenvalue weighted by atomic mass is 16.4. The van der Waals surface area contributed by atoms with E-state index in [1.807, 2.05) is 0 Å². The fourth-order valence-electron chi connectivity index (χ4n) is 0.941. The molecule has 0 aromatic carbocycles. The van der Waals surface area contributed by atoms with Gasteiger partial charge in [0.05, 0.1) is 5.39 Å². The van der Waals surface area contributed by atoms with E-state index in [-0.39, 0.29) is 5.56 Å². The van der Waals surface area contributed by atoms with E-state index in [9.17, 15) is 4.79 Å². The highest BCUT2D eigenvalue weighted by Crippen LogP contribution is 2.16. The summed E-state index contributed by atoms with van der Waals surface area (Å²) in [5.74, 6) is -1.04. The van der Waals surface area contributed by atoms with E-state index in [2.05, 4.69) is 9.97 Å². The molecule has 0 saturated carbocycles. The number of fused-ring (bicyclic) bond motifs is 1. The van der Waals surface area contributed by atoms with Gasteiger partial charge in [-0.05, 0) is 0 Å². The molecule has 0 amide bonds. The molecule has 60 valence electrons. The second-order valence-corrected chi connectivity index (χ2v) is 2.20. The molecule has 0 aliphatic carbocycles. The number of nitrogens with zero attached hydrogens (tertiary/aromatic N) is 2. The van der Waals surface area contributed by atoms with E-state index in [0.29, 0.717) is 11.1 Å². The lowest BCUT2D eigenvalue weighted by Gasteiger charge is -1.86. The molecule has 0 spiro atoms. The van der Waals surface area contributed by atoms with Crippen LogP contribution in [0.3, 0.4) is 0 Å². The second-order valence-electron chi connectivity index (χ2n) is 2.20. The van der Waals surface area contributed by atoms with Crippen molar-refractivity contribution in [1.29, 1.82) is 0 Å². The zero-order valence-electron chi connectivity index (χ0n) is 5.89. The van der Waals surface area contributed by atoms with Crippen LogP contribution in [0, 0.1) is 0 Å². The van der Waals surface area contributed by atoms with Crippen LogP contribution in [0.4, 0.5) is 0 Å². The fraction of sp³-hybridized carbons (Fsp3) is 0. The van der Waals surface area contributed by atoms with Crippen molar-refractivity contribution in [1.82, 2.24) is 9.97 Å². The van der Waals surface area contributed by atoms with Crippen molar-refractivity contribution in [3.8, 4) is 0 Å². The van der Waals surface area contributed by atoms with Gasteiger partial charge >= 0.3 is 5.97 Å². The maximum atomic E-state index is 10.6. The minimum absolute atomic E-state index is 0.0885. The standard InChI is InChI=1S/C7H4N2O3/c10-7(11)5-2-12-6-4(5)1-8-3-9-6/h1-3H,(H,10,11). The van der Waals surface area contributed by atoms with Gasteiger partial charge in [-0.1, -0.05) is 0 Å². The molecule has 2 aromatic rings. The van der Waals surface area contributed by atoms with Crippen LogP contribution in [0.15, 0.2) is 23.2 Å². The number of aromatic nitrogens is 2. The Morgan fingerprint density at radius 3 is 3.17 bits per heavy atom. The zero-order valence-corrected chi connectivity index (χ0v) is 5.89. The van der Waals surface area contributed by atoms with Gasteiger partial charge in [-0.15, -0.1) is 0 Å². The van der Waals surface area contributed by atoms with Crippen molar-refractivity contribution in [2.75, 3.05) is 0 Å². The van der Waals surface area contributed by atoms with Gasteiger partial charge in [-0.3, -0.25) is 0 Å². The first kappa shape index (κ1) is 6.78. The third-order valence-electron chi connectivity index (χ3n) is 1.48. The molecule has 2 aromatic heterocycles. The minimum atomic E-state index is -1.04. The molecular weight excluding hydrogens is 160 g/mol. The molecule has 5 heteroatoms.